The molecular formula is C11H15Cl2N3O2. The zero-order chi connectivity index (χ0) is 13.0. The molecule has 0 amide bonds. The minimum atomic E-state index is 0.130. The van der Waals surface area contributed by atoms with Gasteiger partial charge in [-0.15, -0.1) is 0 Å². The van der Waals surface area contributed by atoms with Crippen LogP contribution in [0.2, 0.25) is 10.4 Å². The molecule has 0 spiro atoms. The van der Waals surface area contributed by atoms with Gasteiger partial charge >= 0.3 is 0 Å². The molecule has 2 rings (SSSR count). The molecule has 0 saturated carbocycles. The van der Waals surface area contributed by atoms with Crippen molar-refractivity contribution in [2.75, 3.05) is 37.8 Å². The monoisotopic (exact) mass is 291 g/mol. The fourth-order valence-corrected chi connectivity index (χ4v) is 2.13. The van der Waals surface area contributed by atoms with Crippen LogP contribution in [0.1, 0.15) is 13.3 Å². The van der Waals surface area contributed by atoms with Gasteiger partial charge in [0.05, 0.1) is 19.8 Å². The van der Waals surface area contributed by atoms with E-state index in [0.717, 1.165) is 19.5 Å². The van der Waals surface area contributed by atoms with Crippen molar-refractivity contribution in [1.29, 1.82) is 0 Å². The highest BCUT2D eigenvalue weighted by Crippen LogP contribution is 2.34. The van der Waals surface area contributed by atoms with Gasteiger partial charge in [0.15, 0.2) is 16.7 Å². The summed E-state index contributed by atoms with van der Waals surface area (Å²) in [6.45, 7) is 5.40. The summed E-state index contributed by atoms with van der Waals surface area (Å²) in [5.41, 5.74) is 0. The van der Waals surface area contributed by atoms with Crippen LogP contribution in [0, 0.1) is 0 Å². The highest BCUT2D eigenvalue weighted by atomic mass is 35.5. The topological polar surface area (TPSA) is 47.5 Å². The highest BCUT2D eigenvalue weighted by Gasteiger charge is 2.21. The summed E-state index contributed by atoms with van der Waals surface area (Å²) in [5, 5.41) is 0.385. The summed E-state index contributed by atoms with van der Waals surface area (Å²) in [4.78, 5) is 10.2. The van der Waals surface area contributed by atoms with Gasteiger partial charge in [0, 0.05) is 13.1 Å². The first-order chi connectivity index (χ1) is 8.72. The number of rotatable bonds is 4. The Hall–Kier alpha value is -0.780. The number of aromatic nitrogens is 2. The smallest absolute Gasteiger partial charge is 0.226 e. The highest BCUT2D eigenvalue weighted by molar-refractivity contribution is 6.33. The Morgan fingerprint density at radius 2 is 2.00 bits per heavy atom. The first-order valence-corrected chi connectivity index (χ1v) is 6.66. The van der Waals surface area contributed by atoms with E-state index in [1.165, 1.54) is 0 Å². The van der Waals surface area contributed by atoms with E-state index in [0.29, 0.717) is 31.4 Å². The number of hydrogen-bond donors (Lipinski definition) is 0. The van der Waals surface area contributed by atoms with Crippen molar-refractivity contribution in [2.45, 2.75) is 13.3 Å². The molecule has 0 bridgehead atoms. The quantitative estimate of drug-likeness (QED) is 0.630. The van der Waals surface area contributed by atoms with Crippen LogP contribution in [-0.2, 0) is 4.74 Å². The summed E-state index contributed by atoms with van der Waals surface area (Å²) in [6, 6.07) is 0. The van der Waals surface area contributed by atoms with Gasteiger partial charge in [-0.3, -0.25) is 0 Å². The number of ether oxygens (including phenoxy) is 2. The molecule has 100 valence electrons. The molecular weight excluding hydrogens is 277 g/mol. The lowest BCUT2D eigenvalue weighted by atomic mass is 10.4. The van der Waals surface area contributed by atoms with Gasteiger partial charge in [0.2, 0.25) is 5.28 Å². The Kier molecular flexibility index (Phi) is 4.86. The number of hydrogen-bond acceptors (Lipinski definition) is 5. The van der Waals surface area contributed by atoms with Crippen LogP contribution in [0.3, 0.4) is 0 Å². The predicted molar refractivity (Wildman–Crippen MR) is 70.9 cm³/mol. The van der Waals surface area contributed by atoms with Gasteiger partial charge < -0.3 is 14.4 Å². The Labute approximate surface area is 116 Å². The van der Waals surface area contributed by atoms with Crippen molar-refractivity contribution in [3.05, 3.63) is 10.4 Å². The molecule has 7 heteroatoms. The first-order valence-electron chi connectivity index (χ1n) is 5.91. The van der Waals surface area contributed by atoms with E-state index in [-0.39, 0.29) is 10.4 Å². The van der Waals surface area contributed by atoms with Gasteiger partial charge in [-0.1, -0.05) is 18.5 Å². The van der Waals surface area contributed by atoms with Crippen LogP contribution in [-0.4, -0.2) is 42.9 Å². The Morgan fingerprint density at radius 3 is 2.67 bits per heavy atom. The zero-order valence-corrected chi connectivity index (χ0v) is 11.7. The molecule has 1 aromatic heterocycles. The lowest BCUT2D eigenvalue weighted by Gasteiger charge is -2.29. The average Bonchev–Trinajstić information content (AvgIpc) is 2.38. The fourth-order valence-electron chi connectivity index (χ4n) is 1.70. The molecule has 0 aliphatic carbocycles. The third-order valence-corrected chi connectivity index (χ3v) is 2.97. The minimum absolute atomic E-state index is 0.130. The lowest BCUT2D eigenvalue weighted by molar-refractivity contribution is 0.122. The molecule has 0 N–H and O–H groups in total. The normalized spacial score (nSPS) is 15.8. The average molecular weight is 292 g/mol. The van der Waals surface area contributed by atoms with Crippen molar-refractivity contribution in [3.8, 4) is 5.75 Å². The second-order valence-corrected chi connectivity index (χ2v) is 4.58. The maximum absolute atomic E-state index is 6.07. The maximum atomic E-state index is 6.07. The molecule has 0 unspecified atom stereocenters. The predicted octanol–water partition coefficient (Wildman–Crippen LogP) is 2.41. The first kappa shape index (κ1) is 13.6. The van der Waals surface area contributed by atoms with Crippen LogP contribution < -0.4 is 9.64 Å². The van der Waals surface area contributed by atoms with Crippen LogP contribution in [0.4, 0.5) is 5.82 Å². The summed E-state index contributed by atoms with van der Waals surface area (Å²) in [7, 11) is 0. The van der Waals surface area contributed by atoms with Gasteiger partial charge in [0.1, 0.15) is 0 Å². The Bertz CT molecular complexity index is 412. The lowest BCUT2D eigenvalue weighted by Crippen LogP contribution is -2.37. The zero-order valence-electron chi connectivity index (χ0n) is 10.2. The molecule has 0 aromatic carbocycles. The molecule has 1 saturated heterocycles. The van der Waals surface area contributed by atoms with Crippen molar-refractivity contribution < 1.29 is 9.47 Å². The molecule has 0 radical (unpaired) electrons. The fraction of sp³-hybridized carbons (Fsp3) is 0.636. The van der Waals surface area contributed by atoms with Crippen LogP contribution in [0.5, 0.6) is 5.75 Å². The van der Waals surface area contributed by atoms with E-state index in [2.05, 4.69) is 9.97 Å². The second kappa shape index (κ2) is 6.41. The van der Waals surface area contributed by atoms with Crippen LogP contribution in [0.25, 0.3) is 0 Å². The van der Waals surface area contributed by atoms with E-state index >= 15 is 0 Å². The van der Waals surface area contributed by atoms with Gasteiger partial charge in [-0.2, -0.15) is 4.98 Å². The van der Waals surface area contributed by atoms with E-state index in [4.69, 9.17) is 32.7 Å². The van der Waals surface area contributed by atoms with E-state index in [1.807, 2.05) is 11.8 Å². The number of morpholine rings is 1. The van der Waals surface area contributed by atoms with E-state index < -0.39 is 0 Å². The van der Waals surface area contributed by atoms with Gasteiger partial charge in [-0.25, -0.2) is 4.98 Å². The van der Waals surface area contributed by atoms with Crippen molar-refractivity contribution >= 4 is 29.0 Å². The maximum Gasteiger partial charge on any atom is 0.226 e. The third-order valence-electron chi connectivity index (χ3n) is 2.54. The number of nitrogens with zero attached hydrogens (tertiary/aromatic N) is 3. The summed E-state index contributed by atoms with van der Waals surface area (Å²) in [5.74, 6) is 1.15. The van der Waals surface area contributed by atoms with Gasteiger partial charge in [-0.05, 0) is 18.0 Å². The van der Waals surface area contributed by atoms with Crippen LogP contribution in [0.15, 0.2) is 0 Å². The Balaban J connectivity index is 2.29. The second-order valence-electron chi connectivity index (χ2n) is 3.88. The molecule has 1 aliphatic rings. The van der Waals surface area contributed by atoms with E-state index in [1.54, 1.807) is 0 Å². The third kappa shape index (κ3) is 3.16. The standard InChI is InChI=1S/C11H15Cl2N3O2/c1-2-5-18-8-9(12)14-11(13)15-10(8)16-3-6-17-7-4-16/h2-7H2,1H3. The number of anilines is 1. The molecule has 18 heavy (non-hydrogen) atoms. The molecule has 0 atom stereocenters. The number of halogens is 2. The molecule has 1 aliphatic heterocycles. The molecule has 2 heterocycles. The van der Waals surface area contributed by atoms with Crippen molar-refractivity contribution in [2.24, 2.45) is 0 Å². The SMILES string of the molecule is CCCOc1c(Cl)nc(Cl)nc1N1CCOCC1. The van der Waals surface area contributed by atoms with Crippen molar-refractivity contribution in [1.82, 2.24) is 9.97 Å². The minimum Gasteiger partial charge on any atom is -0.487 e. The summed E-state index contributed by atoms with van der Waals surface area (Å²) >= 11 is 11.9. The van der Waals surface area contributed by atoms with E-state index in [9.17, 15) is 0 Å². The van der Waals surface area contributed by atoms with Gasteiger partial charge in [0.25, 0.3) is 0 Å². The molecule has 5 nitrogen and oxygen atoms in total. The van der Waals surface area contributed by atoms with Crippen molar-refractivity contribution in [3.63, 3.8) is 0 Å². The molecule has 1 aromatic rings. The summed E-state index contributed by atoms with van der Waals surface area (Å²) in [6.07, 6.45) is 0.890. The Morgan fingerprint density at radius 1 is 1.28 bits per heavy atom. The largest absolute Gasteiger partial charge is 0.487 e. The van der Waals surface area contributed by atoms with Crippen LogP contribution >= 0.6 is 23.2 Å². The summed E-state index contributed by atoms with van der Waals surface area (Å²) < 4.78 is 10.9. The molecule has 1 fully saturated rings.